The summed E-state index contributed by atoms with van der Waals surface area (Å²) in [5.74, 6) is 0.165. The molecule has 0 bridgehead atoms. The van der Waals surface area contributed by atoms with Crippen LogP contribution in [0, 0.1) is 6.92 Å². The number of nitrogens with one attached hydrogen (secondary N) is 1. The lowest BCUT2D eigenvalue weighted by atomic mass is 9.83. The Morgan fingerprint density at radius 1 is 1.22 bits per heavy atom. The second-order valence-electron chi connectivity index (χ2n) is 9.82. The summed E-state index contributed by atoms with van der Waals surface area (Å²) in [4.78, 5) is 26.4. The van der Waals surface area contributed by atoms with Gasteiger partial charge in [-0.15, -0.1) is 0 Å². The standard InChI is InChI=1S/C27H34F2N3O7PS/c1-4-32(12-14-39-40(33,34)35)27(28,29)11-13-38-23-10-9-21(19-7-6-8-20(16-19)41(36,37)5-2)24-22-15-18(3)17-30-26(22)31-25(23)24/h6-8,10,15-17,21H,4-5,9,11-14H2,1-3H3,(H,30,31)(H2,33,34,35). The fourth-order valence-corrected chi connectivity index (χ4v) is 6.24. The van der Waals surface area contributed by atoms with Gasteiger partial charge in [0, 0.05) is 30.6 Å². The smallest absolute Gasteiger partial charge is 0.469 e. The van der Waals surface area contributed by atoms with Crippen LogP contribution in [-0.4, -0.2) is 71.2 Å². The number of aromatic nitrogens is 2. The lowest BCUT2D eigenvalue weighted by Gasteiger charge is -2.30. The maximum absolute atomic E-state index is 14.9. The molecule has 2 heterocycles. The zero-order chi connectivity index (χ0) is 30.0. The molecule has 14 heteroatoms. The number of phosphoric acid groups is 1. The molecule has 1 unspecified atom stereocenters. The van der Waals surface area contributed by atoms with Crippen LogP contribution in [-0.2, 0) is 23.7 Å². The maximum Gasteiger partial charge on any atom is 0.469 e. The second-order valence-corrected chi connectivity index (χ2v) is 13.3. The first-order valence-corrected chi connectivity index (χ1v) is 16.4. The highest BCUT2D eigenvalue weighted by atomic mass is 32.2. The summed E-state index contributed by atoms with van der Waals surface area (Å²) >= 11 is 0. The number of sulfone groups is 1. The summed E-state index contributed by atoms with van der Waals surface area (Å²) in [7, 11) is -8.17. The Balaban J connectivity index is 1.58. The van der Waals surface area contributed by atoms with Gasteiger partial charge in [0.05, 0.1) is 36.0 Å². The molecule has 0 fully saturated rings. The largest absolute Gasteiger partial charge is 0.491 e. The van der Waals surface area contributed by atoms with Crippen molar-refractivity contribution < 1.29 is 40.8 Å². The zero-order valence-corrected chi connectivity index (χ0v) is 24.7. The van der Waals surface area contributed by atoms with E-state index in [0.717, 1.165) is 27.0 Å². The van der Waals surface area contributed by atoms with Crippen molar-refractivity contribution in [3.05, 3.63) is 65.0 Å². The minimum Gasteiger partial charge on any atom is -0.491 e. The third kappa shape index (κ3) is 7.22. The van der Waals surface area contributed by atoms with Crippen molar-refractivity contribution >= 4 is 34.5 Å². The third-order valence-corrected chi connectivity index (χ3v) is 9.34. The van der Waals surface area contributed by atoms with Crippen LogP contribution in [0.2, 0.25) is 0 Å². The van der Waals surface area contributed by atoms with Crippen LogP contribution in [0.4, 0.5) is 8.78 Å². The molecule has 0 saturated carbocycles. The Labute approximate surface area is 237 Å². The molecule has 3 N–H and O–H groups in total. The number of alkyl halides is 2. The van der Waals surface area contributed by atoms with Crippen molar-refractivity contribution in [2.24, 2.45) is 0 Å². The van der Waals surface area contributed by atoms with Gasteiger partial charge in [-0.2, -0.15) is 8.78 Å². The van der Waals surface area contributed by atoms with Crippen LogP contribution in [0.25, 0.3) is 16.8 Å². The molecular weight excluding hydrogens is 579 g/mol. The molecule has 224 valence electrons. The average Bonchev–Trinajstić information content (AvgIpc) is 3.29. The molecule has 0 saturated heterocycles. The number of likely N-dealkylation sites (N-methyl/N-ethyl adjacent to an activating group) is 1. The van der Waals surface area contributed by atoms with E-state index in [1.54, 1.807) is 37.4 Å². The van der Waals surface area contributed by atoms with Crippen LogP contribution >= 0.6 is 7.82 Å². The molecule has 0 aliphatic heterocycles. The van der Waals surface area contributed by atoms with Crippen molar-refractivity contribution in [3.63, 3.8) is 0 Å². The lowest BCUT2D eigenvalue weighted by Crippen LogP contribution is -2.44. The predicted octanol–water partition coefficient (Wildman–Crippen LogP) is 4.97. The molecule has 0 spiro atoms. The number of aryl methyl sites for hydroxylation is 1. The normalized spacial score (nSPS) is 16.2. The van der Waals surface area contributed by atoms with Gasteiger partial charge in [-0.1, -0.05) is 26.0 Å². The number of nitrogens with zero attached hydrogens (tertiary/aromatic N) is 2. The van der Waals surface area contributed by atoms with Crippen LogP contribution in [0.5, 0.6) is 0 Å². The van der Waals surface area contributed by atoms with Gasteiger partial charge in [0.15, 0.2) is 9.84 Å². The van der Waals surface area contributed by atoms with E-state index in [-0.39, 0.29) is 36.3 Å². The van der Waals surface area contributed by atoms with Gasteiger partial charge in [0.2, 0.25) is 0 Å². The van der Waals surface area contributed by atoms with Crippen molar-refractivity contribution in [3.8, 4) is 0 Å². The molecular formula is C27H34F2N3O7PS. The molecule has 1 aromatic carbocycles. The molecule has 2 aromatic heterocycles. The molecule has 4 rings (SSSR count). The Morgan fingerprint density at radius 2 is 1.98 bits per heavy atom. The summed E-state index contributed by atoms with van der Waals surface area (Å²) in [6.45, 7) is 3.72. The number of allylic oxidation sites excluding steroid dienone is 1. The number of phosphoric ester groups is 1. The van der Waals surface area contributed by atoms with E-state index in [1.165, 1.54) is 6.92 Å². The van der Waals surface area contributed by atoms with E-state index in [4.69, 9.17) is 14.5 Å². The van der Waals surface area contributed by atoms with Crippen molar-refractivity contribution in [2.45, 2.75) is 50.5 Å². The first-order valence-electron chi connectivity index (χ1n) is 13.2. The van der Waals surface area contributed by atoms with Gasteiger partial charge in [-0.25, -0.2) is 22.9 Å². The summed E-state index contributed by atoms with van der Waals surface area (Å²) in [5, 5.41) is 0.843. The highest BCUT2D eigenvalue weighted by Gasteiger charge is 2.37. The monoisotopic (exact) mass is 613 g/mol. The second kappa shape index (κ2) is 12.3. The van der Waals surface area contributed by atoms with E-state index in [2.05, 4.69) is 14.5 Å². The van der Waals surface area contributed by atoms with Crippen LogP contribution in [0.15, 0.2) is 47.5 Å². The molecule has 0 radical (unpaired) electrons. The van der Waals surface area contributed by atoms with Gasteiger partial charge >= 0.3 is 13.9 Å². The van der Waals surface area contributed by atoms with E-state index < -0.39 is 36.7 Å². The van der Waals surface area contributed by atoms with Crippen molar-refractivity contribution in [1.29, 1.82) is 0 Å². The Hall–Kier alpha value is -2.67. The molecule has 3 aromatic rings. The molecule has 41 heavy (non-hydrogen) atoms. The quantitative estimate of drug-likeness (QED) is 0.180. The van der Waals surface area contributed by atoms with E-state index in [0.29, 0.717) is 23.5 Å². The Bertz CT molecular complexity index is 1590. The zero-order valence-electron chi connectivity index (χ0n) is 23.0. The van der Waals surface area contributed by atoms with Gasteiger partial charge in [0.25, 0.3) is 0 Å². The van der Waals surface area contributed by atoms with E-state index >= 15 is 0 Å². The number of H-pyrrole nitrogens is 1. The first kappa shape index (κ1) is 31.3. The number of rotatable bonds is 13. The number of halogens is 2. The number of hydrogen-bond donors (Lipinski definition) is 3. The molecule has 10 nitrogen and oxygen atoms in total. The number of ether oxygens (including phenoxy) is 1. The third-order valence-electron chi connectivity index (χ3n) is 7.09. The SMILES string of the molecule is CCN(CCOP(=O)(O)O)C(F)(F)CCOC1=CCC(c2cccc(S(=O)(=O)CC)c2)c2c1[nH]c1ncc(C)cc21. The number of aromatic amines is 1. The van der Waals surface area contributed by atoms with Crippen LogP contribution in [0.1, 0.15) is 55.0 Å². The average molecular weight is 614 g/mol. The van der Waals surface area contributed by atoms with Crippen LogP contribution in [0.3, 0.4) is 0 Å². The molecule has 0 amide bonds. The molecule has 1 aliphatic rings. The van der Waals surface area contributed by atoms with Crippen molar-refractivity contribution in [2.75, 3.05) is 32.1 Å². The maximum atomic E-state index is 14.9. The van der Waals surface area contributed by atoms with E-state index in [1.807, 2.05) is 19.1 Å². The highest BCUT2D eigenvalue weighted by Crippen LogP contribution is 2.43. The fraction of sp³-hybridized carbons (Fsp3) is 0.444. The molecule has 1 atom stereocenters. The van der Waals surface area contributed by atoms with Gasteiger partial charge in [-0.05, 0) is 54.3 Å². The lowest BCUT2D eigenvalue weighted by molar-refractivity contribution is -0.157. The number of pyridine rings is 1. The number of fused-ring (bicyclic) bond motifs is 3. The first-order chi connectivity index (χ1) is 19.3. The summed E-state index contributed by atoms with van der Waals surface area (Å²) in [5.41, 5.74) is 3.80. The highest BCUT2D eigenvalue weighted by molar-refractivity contribution is 7.91. The number of benzene rings is 1. The topological polar surface area (TPSA) is 142 Å². The minimum atomic E-state index is -4.75. The van der Waals surface area contributed by atoms with Crippen LogP contribution < -0.4 is 0 Å². The Kier molecular flexibility index (Phi) is 9.37. The van der Waals surface area contributed by atoms with Gasteiger partial charge < -0.3 is 19.5 Å². The Morgan fingerprint density at radius 3 is 2.66 bits per heavy atom. The van der Waals surface area contributed by atoms with Crippen molar-refractivity contribution in [1.82, 2.24) is 14.9 Å². The molecule has 1 aliphatic carbocycles. The predicted molar refractivity (Wildman–Crippen MR) is 150 cm³/mol. The summed E-state index contributed by atoms with van der Waals surface area (Å²) in [6, 6.07) is 5.53. The minimum absolute atomic E-state index is 0.0166. The van der Waals surface area contributed by atoms with E-state index in [9.17, 15) is 21.8 Å². The summed E-state index contributed by atoms with van der Waals surface area (Å²) in [6.07, 6.45) is 3.31. The number of hydrogen-bond acceptors (Lipinski definition) is 7. The fourth-order valence-electron chi connectivity index (χ4n) is 4.99. The van der Waals surface area contributed by atoms with Gasteiger partial charge in [-0.3, -0.25) is 4.52 Å². The summed E-state index contributed by atoms with van der Waals surface area (Å²) < 4.78 is 76.0. The van der Waals surface area contributed by atoms with Gasteiger partial charge in [0.1, 0.15) is 11.4 Å².